The molecular formula is C26H25F3N4O4S. The van der Waals surface area contributed by atoms with Crippen molar-refractivity contribution in [2.45, 2.75) is 30.0 Å². The van der Waals surface area contributed by atoms with Crippen LogP contribution in [0.25, 0.3) is 11.1 Å². The first-order chi connectivity index (χ1) is 18.0. The summed E-state index contributed by atoms with van der Waals surface area (Å²) in [5.74, 6) is -0.329. The van der Waals surface area contributed by atoms with Crippen molar-refractivity contribution >= 4 is 33.3 Å². The molecule has 0 spiro atoms. The van der Waals surface area contributed by atoms with Gasteiger partial charge in [-0.25, -0.2) is 17.9 Å². The van der Waals surface area contributed by atoms with Crippen molar-refractivity contribution in [3.05, 3.63) is 78.4 Å². The average molecular weight is 547 g/mol. The lowest BCUT2D eigenvalue weighted by molar-refractivity contribution is -0.137. The van der Waals surface area contributed by atoms with Gasteiger partial charge in [-0.2, -0.15) is 13.2 Å². The molecule has 3 amide bonds. The van der Waals surface area contributed by atoms with Gasteiger partial charge in [-0.05, 0) is 67.9 Å². The van der Waals surface area contributed by atoms with Crippen LogP contribution in [-0.2, 0) is 21.0 Å². The lowest BCUT2D eigenvalue weighted by Crippen LogP contribution is -2.53. The van der Waals surface area contributed by atoms with Gasteiger partial charge in [0.15, 0.2) is 0 Å². The third kappa shape index (κ3) is 5.97. The van der Waals surface area contributed by atoms with Gasteiger partial charge in [-0.3, -0.25) is 4.79 Å². The zero-order valence-corrected chi connectivity index (χ0v) is 21.1. The Labute approximate surface area is 217 Å². The summed E-state index contributed by atoms with van der Waals surface area (Å²) in [4.78, 5) is 27.2. The Morgan fingerprint density at radius 2 is 1.63 bits per heavy atom. The molecule has 1 atom stereocenters. The van der Waals surface area contributed by atoms with Gasteiger partial charge in [0, 0.05) is 23.5 Å². The second-order valence-corrected chi connectivity index (χ2v) is 10.5. The minimum Gasteiger partial charge on any atom is -0.326 e. The number of hydrogen-bond donors (Lipinski definition) is 3. The Hall–Kier alpha value is -3.90. The number of benzene rings is 3. The van der Waals surface area contributed by atoms with Crippen molar-refractivity contribution < 1.29 is 31.2 Å². The summed E-state index contributed by atoms with van der Waals surface area (Å²) in [6, 6.07) is 15.9. The summed E-state index contributed by atoms with van der Waals surface area (Å²) in [5.41, 5.74) is 1.07. The smallest absolute Gasteiger partial charge is 0.326 e. The van der Waals surface area contributed by atoms with Crippen LogP contribution >= 0.6 is 0 Å². The summed E-state index contributed by atoms with van der Waals surface area (Å²) in [7, 11) is -2.34. The summed E-state index contributed by atoms with van der Waals surface area (Å²) in [6.45, 7) is 0.432. The molecule has 200 valence electrons. The molecule has 1 fully saturated rings. The maximum atomic E-state index is 13.1. The minimum absolute atomic E-state index is 0.132. The summed E-state index contributed by atoms with van der Waals surface area (Å²) in [5, 5.41) is 5.04. The molecule has 3 aromatic carbocycles. The van der Waals surface area contributed by atoms with Gasteiger partial charge in [-0.1, -0.05) is 30.3 Å². The van der Waals surface area contributed by atoms with E-state index >= 15 is 0 Å². The van der Waals surface area contributed by atoms with E-state index in [1.165, 1.54) is 18.0 Å². The fraction of sp³-hybridized carbons (Fsp3) is 0.231. The van der Waals surface area contributed by atoms with Gasteiger partial charge in [-0.15, -0.1) is 0 Å². The third-order valence-corrected chi connectivity index (χ3v) is 7.62. The van der Waals surface area contributed by atoms with Crippen molar-refractivity contribution in [2.24, 2.45) is 0 Å². The van der Waals surface area contributed by atoms with E-state index in [4.69, 9.17) is 0 Å². The molecule has 3 aromatic rings. The lowest BCUT2D eigenvalue weighted by Gasteiger charge is -2.32. The largest absolute Gasteiger partial charge is 0.416 e. The second-order valence-electron chi connectivity index (χ2n) is 8.61. The Morgan fingerprint density at radius 1 is 0.974 bits per heavy atom. The zero-order valence-electron chi connectivity index (χ0n) is 20.2. The summed E-state index contributed by atoms with van der Waals surface area (Å²) >= 11 is 0. The van der Waals surface area contributed by atoms with E-state index in [0.29, 0.717) is 36.2 Å². The summed E-state index contributed by atoms with van der Waals surface area (Å²) < 4.78 is 65.3. The first-order valence-corrected chi connectivity index (χ1v) is 13.2. The number of anilines is 2. The number of halogens is 3. The van der Waals surface area contributed by atoms with Crippen LogP contribution in [0.4, 0.5) is 29.3 Å². The van der Waals surface area contributed by atoms with E-state index in [9.17, 15) is 31.2 Å². The fourth-order valence-corrected chi connectivity index (χ4v) is 5.16. The fourth-order valence-electron chi connectivity index (χ4n) is 4.20. The Balaban J connectivity index is 1.44. The second kappa shape index (κ2) is 10.8. The standard InChI is InChI=1S/C26H25F3N4O4S/c1-30-38(36,37)23-7-3-2-5-21(23)17-8-14-20(15-9-17)33-16-4-6-22(24(33)34)32-25(35)31-19-12-10-18(11-13-19)26(27,28)29/h2-3,5,7-15,22,30H,4,6,16H2,1H3,(H2,31,32,35)/t22-/m1/s1. The molecule has 4 rings (SSSR count). The average Bonchev–Trinajstić information content (AvgIpc) is 2.90. The number of sulfonamides is 1. The highest BCUT2D eigenvalue weighted by atomic mass is 32.2. The quantitative estimate of drug-likeness (QED) is 0.420. The van der Waals surface area contributed by atoms with Crippen LogP contribution in [-0.4, -0.2) is 40.0 Å². The molecule has 1 heterocycles. The van der Waals surface area contributed by atoms with Crippen molar-refractivity contribution in [2.75, 3.05) is 23.8 Å². The minimum atomic E-state index is -4.48. The number of urea groups is 1. The van der Waals surface area contributed by atoms with E-state index in [2.05, 4.69) is 15.4 Å². The van der Waals surface area contributed by atoms with Crippen LogP contribution in [0.1, 0.15) is 18.4 Å². The highest BCUT2D eigenvalue weighted by Crippen LogP contribution is 2.31. The Morgan fingerprint density at radius 3 is 2.26 bits per heavy atom. The molecule has 0 radical (unpaired) electrons. The molecule has 1 aliphatic heterocycles. The van der Waals surface area contributed by atoms with E-state index in [0.717, 1.165) is 24.3 Å². The van der Waals surface area contributed by atoms with Crippen LogP contribution in [0.15, 0.2) is 77.7 Å². The molecule has 0 bridgehead atoms. The number of nitrogens with zero attached hydrogens (tertiary/aromatic N) is 1. The van der Waals surface area contributed by atoms with Crippen molar-refractivity contribution in [1.82, 2.24) is 10.0 Å². The van der Waals surface area contributed by atoms with Crippen molar-refractivity contribution in [1.29, 1.82) is 0 Å². The molecule has 1 aliphatic rings. The molecule has 3 N–H and O–H groups in total. The highest BCUT2D eigenvalue weighted by molar-refractivity contribution is 7.89. The van der Waals surface area contributed by atoms with Gasteiger partial charge in [0.2, 0.25) is 15.9 Å². The van der Waals surface area contributed by atoms with Gasteiger partial charge < -0.3 is 15.5 Å². The molecule has 0 aliphatic carbocycles. The monoisotopic (exact) mass is 546 g/mol. The van der Waals surface area contributed by atoms with E-state index in [1.54, 1.807) is 42.5 Å². The molecule has 12 heteroatoms. The number of carbonyl (C=O) groups excluding carboxylic acids is 2. The molecule has 0 aromatic heterocycles. The normalized spacial score (nSPS) is 16.3. The number of alkyl halides is 3. The first kappa shape index (κ1) is 27.1. The number of amides is 3. The zero-order chi connectivity index (χ0) is 27.5. The van der Waals surface area contributed by atoms with Crippen LogP contribution in [0.2, 0.25) is 0 Å². The number of rotatable bonds is 6. The predicted molar refractivity (Wildman–Crippen MR) is 137 cm³/mol. The maximum Gasteiger partial charge on any atom is 0.416 e. The molecule has 38 heavy (non-hydrogen) atoms. The first-order valence-electron chi connectivity index (χ1n) is 11.7. The van der Waals surface area contributed by atoms with Crippen LogP contribution in [0.3, 0.4) is 0 Å². The van der Waals surface area contributed by atoms with E-state index in [-0.39, 0.29) is 16.5 Å². The number of hydrogen-bond acceptors (Lipinski definition) is 4. The molecule has 0 saturated carbocycles. The van der Waals surface area contributed by atoms with Gasteiger partial charge in [0.05, 0.1) is 10.5 Å². The van der Waals surface area contributed by atoms with Crippen molar-refractivity contribution in [3.8, 4) is 11.1 Å². The van der Waals surface area contributed by atoms with Crippen molar-refractivity contribution in [3.63, 3.8) is 0 Å². The van der Waals surface area contributed by atoms with Crippen LogP contribution in [0.5, 0.6) is 0 Å². The lowest BCUT2D eigenvalue weighted by atomic mass is 10.0. The predicted octanol–water partition coefficient (Wildman–Crippen LogP) is 4.60. The van der Waals surface area contributed by atoms with E-state index in [1.807, 2.05) is 0 Å². The SMILES string of the molecule is CNS(=O)(=O)c1ccccc1-c1ccc(N2CCC[C@@H](NC(=O)Nc3ccc(C(F)(F)F)cc3)C2=O)cc1. The van der Waals surface area contributed by atoms with Gasteiger partial charge in [0.1, 0.15) is 6.04 Å². The van der Waals surface area contributed by atoms with E-state index < -0.39 is 33.8 Å². The van der Waals surface area contributed by atoms with Gasteiger partial charge >= 0.3 is 12.2 Å². The third-order valence-electron chi connectivity index (χ3n) is 6.15. The summed E-state index contributed by atoms with van der Waals surface area (Å²) in [6.07, 6.45) is -3.46. The number of carbonyl (C=O) groups is 2. The number of piperidine rings is 1. The van der Waals surface area contributed by atoms with Gasteiger partial charge in [0.25, 0.3) is 0 Å². The number of nitrogens with one attached hydrogen (secondary N) is 3. The highest BCUT2D eigenvalue weighted by Gasteiger charge is 2.32. The van der Waals surface area contributed by atoms with Crippen LogP contribution < -0.4 is 20.3 Å². The molecule has 0 unspecified atom stereocenters. The Kier molecular flexibility index (Phi) is 7.74. The topological polar surface area (TPSA) is 108 Å². The molecule has 1 saturated heterocycles. The molecular weight excluding hydrogens is 521 g/mol. The molecule has 8 nitrogen and oxygen atoms in total. The Bertz CT molecular complexity index is 1430. The maximum absolute atomic E-state index is 13.1. The van der Waals surface area contributed by atoms with Crippen LogP contribution in [0, 0.1) is 0 Å².